The maximum Gasteiger partial charge on any atom is 0.264 e. The number of nitrogens with zero attached hydrogens (tertiary/aromatic N) is 2. The van der Waals surface area contributed by atoms with Crippen LogP contribution in [-0.4, -0.2) is 23.3 Å². The van der Waals surface area contributed by atoms with Gasteiger partial charge in [0.05, 0.1) is 18.2 Å². The minimum atomic E-state index is -1.86. The van der Waals surface area contributed by atoms with Crippen LogP contribution >= 0.6 is 0 Å². The number of rotatable bonds is 6. The van der Waals surface area contributed by atoms with E-state index in [1.165, 1.54) is 4.90 Å². The second-order valence-corrected chi connectivity index (χ2v) is 6.06. The van der Waals surface area contributed by atoms with Crippen LogP contribution in [0.15, 0.2) is 54.6 Å². The Morgan fingerprint density at radius 2 is 1.80 bits per heavy atom. The third kappa shape index (κ3) is 3.04. The summed E-state index contributed by atoms with van der Waals surface area (Å²) in [7, 11) is 0. The van der Waals surface area contributed by atoms with Gasteiger partial charge in [-0.15, -0.1) is 0 Å². The van der Waals surface area contributed by atoms with Crippen molar-refractivity contribution >= 4 is 17.4 Å². The number of carbonyl (C=O) groups excluding carboxylic acids is 2. The number of nitriles is 1. The lowest BCUT2D eigenvalue weighted by Gasteiger charge is -2.22. The third-order valence-corrected chi connectivity index (χ3v) is 4.42. The number of Topliss-reactive ketones (excluding diaryl/α,β-unsaturated/α-hetero) is 1. The lowest BCUT2D eigenvalue weighted by Crippen LogP contribution is -2.42. The van der Waals surface area contributed by atoms with Crippen LogP contribution in [0.2, 0.25) is 0 Å². The molecule has 5 nitrogen and oxygen atoms in total. The number of amides is 1. The molecule has 1 amide bonds. The van der Waals surface area contributed by atoms with Crippen molar-refractivity contribution in [3.05, 3.63) is 65.7 Å². The largest absolute Gasteiger partial charge is 0.375 e. The van der Waals surface area contributed by atoms with Gasteiger partial charge in [0.15, 0.2) is 11.4 Å². The molecule has 0 unspecified atom stereocenters. The van der Waals surface area contributed by atoms with E-state index in [9.17, 15) is 14.7 Å². The SMILES string of the molecule is N#CCCCN1C(=O)[C@](O)(CC(=O)c2ccccc2)c2ccccc21. The van der Waals surface area contributed by atoms with Gasteiger partial charge in [-0.25, -0.2) is 0 Å². The highest BCUT2D eigenvalue weighted by molar-refractivity contribution is 6.10. The van der Waals surface area contributed by atoms with Crippen molar-refractivity contribution in [2.75, 3.05) is 11.4 Å². The van der Waals surface area contributed by atoms with E-state index in [0.717, 1.165) is 0 Å². The van der Waals surface area contributed by atoms with Crippen LogP contribution in [0, 0.1) is 11.3 Å². The minimum Gasteiger partial charge on any atom is -0.375 e. The summed E-state index contributed by atoms with van der Waals surface area (Å²) < 4.78 is 0. The van der Waals surface area contributed by atoms with E-state index in [0.29, 0.717) is 36.2 Å². The van der Waals surface area contributed by atoms with Gasteiger partial charge in [-0.1, -0.05) is 48.5 Å². The van der Waals surface area contributed by atoms with E-state index in [2.05, 4.69) is 6.07 Å². The van der Waals surface area contributed by atoms with Gasteiger partial charge in [-0.2, -0.15) is 5.26 Å². The molecular formula is C20H18N2O3. The molecule has 5 heteroatoms. The summed E-state index contributed by atoms with van der Waals surface area (Å²) in [6.07, 6.45) is 0.536. The molecule has 1 atom stereocenters. The average molecular weight is 334 g/mol. The molecule has 0 radical (unpaired) electrons. The highest BCUT2D eigenvalue weighted by atomic mass is 16.3. The van der Waals surface area contributed by atoms with E-state index in [-0.39, 0.29) is 12.2 Å². The molecule has 0 fully saturated rings. The van der Waals surface area contributed by atoms with E-state index < -0.39 is 11.5 Å². The lowest BCUT2D eigenvalue weighted by atomic mass is 9.88. The fourth-order valence-corrected chi connectivity index (χ4v) is 3.17. The number of hydrogen-bond donors (Lipinski definition) is 1. The van der Waals surface area contributed by atoms with E-state index in [1.807, 2.05) is 0 Å². The normalized spacial score (nSPS) is 18.7. The molecule has 0 aromatic heterocycles. The quantitative estimate of drug-likeness (QED) is 0.650. The molecule has 1 aliphatic rings. The zero-order valence-corrected chi connectivity index (χ0v) is 13.7. The number of para-hydroxylation sites is 1. The number of hydrogen-bond acceptors (Lipinski definition) is 4. The van der Waals surface area contributed by atoms with Crippen LogP contribution in [0.3, 0.4) is 0 Å². The Morgan fingerprint density at radius 1 is 1.12 bits per heavy atom. The first-order chi connectivity index (χ1) is 12.1. The van der Waals surface area contributed by atoms with Crippen LogP contribution in [0.5, 0.6) is 0 Å². The predicted molar refractivity (Wildman–Crippen MR) is 92.9 cm³/mol. The number of benzene rings is 2. The number of carbonyl (C=O) groups is 2. The van der Waals surface area contributed by atoms with Crippen LogP contribution in [0.4, 0.5) is 5.69 Å². The van der Waals surface area contributed by atoms with Crippen LogP contribution in [-0.2, 0) is 10.4 Å². The van der Waals surface area contributed by atoms with Crippen molar-refractivity contribution in [3.8, 4) is 6.07 Å². The van der Waals surface area contributed by atoms with Crippen molar-refractivity contribution in [3.63, 3.8) is 0 Å². The fourth-order valence-electron chi connectivity index (χ4n) is 3.17. The number of ketones is 1. The summed E-state index contributed by atoms with van der Waals surface area (Å²) >= 11 is 0. The number of unbranched alkanes of at least 4 members (excludes halogenated alkanes) is 1. The minimum absolute atomic E-state index is 0.287. The van der Waals surface area contributed by atoms with Gasteiger partial charge in [0, 0.05) is 24.1 Å². The Labute approximate surface area is 146 Å². The molecule has 0 spiro atoms. The van der Waals surface area contributed by atoms with Gasteiger partial charge in [0.1, 0.15) is 0 Å². The molecular weight excluding hydrogens is 316 g/mol. The molecule has 3 rings (SSSR count). The van der Waals surface area contributed by atoms with Gasteiger partial charge >= 0.3 is 0 Å². The highest BCUT2D eigenvalue weighted by Gasteiger charge is 2.50. The first-order valence-electron chi connectivity index (χ1n) is 8.17. The Hall–Kier alpha value is -2.97. The topological polar surface area (TPSA) is 81.4 Å². The number of anilines is 1. The van der Waals surface area contributed by atoms with Gasteiger partial charge in [0.2, 0.25) is 0 Å². The third-order valence-electron chi connectivity index (χ3n) is 4.42. The molecule has 1 heterocycles. The van der Waals surface area contributed by atoms with E-state index >= 15 is 0 Å². The van der Waals surface area contributed by atoms with Crippen molar-refractivity contribution in [1.82, 2.24) is 0 Å². The zero-order chi connectivity index (χ0) is 17.9. The fraction of sp³-hybridized carbons (Fsp3) is 0.250. The highest BCUT2D eigenvalue weighted by Crippen LogP contribution is 2.42. The summed E-state index contributed by atoms with van der Waals surface area (Å²) in [5, 5.41) is 19.8. The average Bonchev–Trinajstić information content (AvgIpc) is 2.85. The van der Waals surface area contributed by atoms with Crippen LogP contribution < -0.4 is 4.90 Å². The maximum absolute atomic E-state index is 12.9. The lowest BCUT2D eigenvalue weighted by molar-refractivity contribution is -0.135. The summed E-state index contributed by atoms with van der Waals surface area (Å²) in [5.41, 5.74) is -0.352. The molecule has 0 saturated carbocycles. The summed E-state index contributed by atoms with van der Waals surface area (Å²) in [6, 6.07) is 17.6. The van der Waals surface area contributed by atoms with Crippen molar-refractivity contribution < 1.29 is 14.7 Å². The molecule has 1 N–H and O–H groups in total. The zero-order valence-electron chi connectivity index (χ0n) is 13.7. The molecule has 126 valence electrons. The molecule has 2 aromatic rings. The molecule has 25 heavy (non-hydrogen) atoms. The maximum atomic E-state index is 12.9. The molecule has 0 aliphatic carbocycles. The van der Waals surface area contributed by atoms with Crippen molar-refractivity contribution in [2.45, 2.75) is 24.9 Å². The Kier molecular flexibility index (Phi) is 4.64. The predicted octanol–water partition coefficient (Wildman–Crippen LogP) is 2.80. The van der Waals surface area contributed by atoms with Gasteiger partial charge in [0.25, 0.3) is 5.91 Å². The Bertz CT molecular complexity index is 842. The first kappa shape index (κ1) is 16.9. The smallest absolute Gasteiger partial charge is 0.264 e. The second kappa shape index (κ2) is 6.88. The number of aliphatic hydroxyl groups is 1. The monoisotopic (exact) mass is 334 g/mol. The van der Waals surface area contributed by atoms with Gasteiger partial charge < -0.3 is 10.0 Å². The summed E-state index contributed by atoms with van der Waals surface area (Å²) in [6.45, 7) is 0.339. The van der Waals surface area contributed by atoms with E-state index in [1.54, 1.807) is 54.6 Å². The molecule has 1 aliphatic heterocycles. The van der Waals surface area contributed by atoms with Gasteiger partial charge in [-0.05, 0) is 12.5 Å². The van der Waals surface area contributed by atoms with Gasteiger partial charge in [-0.3, -0.25) is 9.59 Å². The van der Waals surface area contributed by atoms with Crippen LogP contribution in [0.25, 0.3) is 0 Å². The Balaban J connectivity index is 1.91. The van der Waals surface area contributed by atoms with Crippen molar-refractivity contribution in [1.29, 1.82) is 5.26 Å². The Morgan fingerprint density at radius 3 is 2.52 bits per heavy atom. The van der Waals surface area contributed by atoms with Crippen LogP contribution in [0.1, 0.15) is 35.2 Å². The second-order valence-electron chi connectivity index (χ2n) is 6.06. The molecule has 0 bridgehead atoms. The van der Waals surface area contributed by atoms with E-state index in [4.69, 9.17) is 5.26 Å². The first-order valence-corrected chi connectivity index (χ1v) is 8.17. The molecule has 0 saturated heterocycles. The standard InChI is InChI=1S/C20H18N2O3/c21-12-6-7-13-22-17-11-5-4-10-16(17)20(25,19(22)24)14-18(23)15-8-2-1-3-9-15/h1-5,8-11,25H,6-7,13-14H2/t20-/m0/s1. The summed E-state index contributed by atoms with van der Waals surface area (Å²) in [5.74, 6) is -0.791. The number of fused-ring (bicyclic) bond motifs is 1. The van der Waals surface area contributed by atoms with Crippen molar-refractivity contribution in [2.24, 2.45) is 0 Å². The summed E-state index contributed by atoms with van der Waals surface area (Å²) in [4.78, 5) is 26.9. The molecule has 2 aromatic carbocycles.